The number of piperazine rings is 1. The Kier molecular flexibility index (Phi) is 4.26. The Hall–Kier alpha value is -1.40. The predicted molar refractivity (Wildman–Crippen MR) is 83.5 cm³/mol. The van der Waals surface area contributed by atoms with E-state index in [1.807, 2.05) is 6.92 Å². The monoisotopic (exact) mass is 291 g/mol. The number of aromatic nitrogens is 2. The third-order valence-corrected chi connectivity index (χ3v) is 4.54. The number of hydrogen-bond acceptors (Lipinski definition) is 6. The van der Waals surface area contributed by atoms with Crippen LogP contribution in [0.2, 0.25) is 0 Å². The molecule has 2 N–H and O–H groups in total. The lowest BCUT2D eigenvalue weighted by atomic mass is 10.2. The van der Waals surface area contributed by atoms with Crippen molar-refractivity contribution in [1.29, 1.82) is 0 Å². The first-order valence-corrected chi connectivity index (χ1v) is 7.83. The first-order valence-electron chi connectivity index (χ1n) is 7.83. The minimum atomic E-state index is 0.370. The van der Waals surface area contributed by atoms with Crippen molar-refractivity contribution in [1.82, 2.24) is 14.9 Å². The van der Waals surface area contributed by atoms with Gasteiger partial charge in [0.05, 0.1) is 6.10 Å². The van der Waals surface area contributed by atoms with Crippen molar-refractivity contribution in [3.8, 4) is 0 Å². The first-order chi connectivity index (χ1) is 10.1. The molecular formula is C15H25N5O. The lowest BCUT2D eigenvalue weighted by Crippen LogP contribution is -2.49. The fourth-order valence-corrected chi connectivity index (χ4v) is 3.16. The molecule has 2 fully saturated rings. The van der Waals surface area contributed by atoms with Crippen LogP contribution in [0, 0.1) is 13.8 Å². The highest BCUT2D eigenvalue weighted by molar-refractivity contribution is 5.51. The van der Waals surface area contributed by atoms with Crippen molar-refractivity contribution < 1.29 is 4.74 Å². The molecule has 1 unspecified atom stereocenters. The second kappa shape index (κ2) is 6.15. The Bertz CT molecular complexity index is 493. The quantitative estimate of drug-likeness (QED) is 0.895. The second-order valence-electron chi connectivity index (χ2n) is 6.04. The zero-order valence-corrected chi connectivity index (χ0v) is 13.0. The van der Waals surface area contributed by atoms with Crippen molar-refractivity contribution in [3.05, 3.63) is 11.3 Å². The molecule has 1 aromatic rings. The van der Waals surface area contributed by atoms with Crippen LogP contribution in [-0.2, 0) is 4.74 Å². The number of nitrogens with zero attached hydrogens (tertiary/aromatic N) is 4. The molecule has 3 rings (SSSR count). The fraction of sp³-hybridized carbons (Fsp3) is 0.733. The number of hydrogen-bond donors (Lipinski definition) is 1. The van der Waals surface area contributed by atoms with Gasteiger partial charge in [0.25, 0.3) is 0 Å². The number of aryl methyl sites for hydroxylation is 1. The van der Waals surface area contributed by atoms with Crippen LogP contribution in [0.1, 0.15) is 24.1 Å². The summed E-state index contributed by atoms with van der Waals surface area (Å²) in [5.74, 6) is 1.37. The third kappa shape index (κ3) is 3.27. The Morgan fingerprint density at radius 1 is 1.19 bits per heavy atom. The van der Waals surface area contributed by atoms with Crippen LogP contribution in [0.4, 0.5) is 11.8 Å². The summed E-state index contributed by atoms with van der Waals surface area (Å²) in [6.07, 6.45) is 2.86. The summed E-state index contributed by atoms with van der Waals surface area (Å²) in [5.41, 5.74) is 7.90. The molecule has 21 heavy (non-hydrogen) atoms. The summed E-state index contributed by atoms with van der Waals surface area (Å²) in [6.45, 7) is 10.2. The molecule has 0 bridgehead atoms. The highest BCUT2D eigenvalue weighted by Crippen LogP contribution is 2.22. The topological polar surface area (TPSA) is 67.5 Å². The van der Waals surface area contributed by atoms with E-state index >= 15 is 0 Å². The maximum absolute atomic E-state index is 5.80. The molecule has 2 aliphatic heterocycles. The SMILES string of the molecule is Cc1nc(N)nc(N2CCN(CC3CCCO3)CC2)c1C. The van der Waals surface area contributed by atoms with Gasteiger partial charge in [0.1, 0.15) is 5.82 Å². The van der Waals surface area contributed by atoms with Gasteiger partial charge in [-0.25, -0.2) is 4.98 Å². The maximum Gasteiger partial charge on any atom is 0.222 e. The van der Waals surface area contributed by atoms with E-state index in [-0.39, 0.29) is 0 Å². The van der Waals surface area contributed by atoms with Gasteiger partial charge in [-0.3, -0.25) is 4.90 Å². The summed E-state index contributed by atoms with van der Waals surface area (Å²) in [4.78, 5) is 13.5. The molecule has 0 amide bonds. The van der Waals surface area contributed by atoms with Crippen LogP contribution in [0.15, 0.2) is 0 Å². The Morgan fingerprint density at radius 2 is 1.95 bits per heavy atom. The fourth-order valence-electron chi connectivity index (χ4n) is 3.16. The summed E-state index contributed by atoms with van der Waals surface area (Å²) in [7, 11) is 0. The van der Waals surface area contributed by atoms with E-state index in [1.54, 1.807) is 0 Å². The summed E-state index contributed by atoms with van der Waals surface area (Å²) in [6, 6.07) is 0. The molecule has 0 saturated carbocycles. The molecule has 1 atom stereocenters. The van der Waals surface area contributed by atoms with Crippen LogP contribution in [0.25, 0.3) is 0 Å². The minimum absolute atomic E-state index is 0.370. The predicted octanol–water partition coefficient (Wildman–Crippen LogP) is 0.977. The first kappa shape index (κ1) is 14.5. The van der Waals surface area contributed by atoms with Gasteiger partial charge in [0, 0.05) is 50.6 Å². The van der Waals surface area contributed by atoms with Gasteiger partial charge in [0.2, 0.25) is 5.95 Å². The number of nitrogens with two attached hydrogens (primary N) is 1. The summed E-state index contributed by atoms with van der Waals surface area (Å²) in [5, 5.41) is 0. The third-order valence-electron chi connectivity index (χ3n) is 4.54. The Labute approximate surface area is 126 Å². The van der Waals surface area contributed by atoms with Crippen LogP contribution >= 0.6 is 0 Å². The molecule has 0 aromatic carbocycles. The van der Waals surface area contributed by atoms with E-state index in [2.05, 4.69) is 26.7 Å². The van der Waals surface area contributed by atoms with Gasteiger partial charge in [0.15, 0.2) is 0 Å². The lowest BCUT2D eigenvalue weighted by molar-refractivity contribution is 0.0712. The van der Waals surface area contributed by atoms with Crippen molar-refractivity contribution in [3.63, 3.8) is 0 Å². The molecular weight excluding hydrogens is 266 g/mol. The normalized spacial score (nSPS) is 23.7. The van der Waals surface area contributed by atoms with E-state index in [1.165, 1.54) is 12.8 Å². The van der Waals surface area contributed by atoms with Crippen molar-refractivity contribution in [2.45, 2.75) is 32.8 Å². The van der Waals surface area contributed by atoms with E-state index in [0.717, 1.165) is 56.4 Å². The van der Waals surface area contributed by atoms with Crippen molar-refractivity contribution in [2.75, 3.05) is 50.0 Å². The van der Waals surface area contributed by atoms with Gasteiger partial charge in [-0.15, -0.1) is 0 Å². The molecule has 0 radical (unpaired) electrons. The van der Waals surface area contributed by atoms with E-state index < -0.39 is 0 Å². The Balaban J connectivity index is 1.60. The van der Waals surface area contributed by atoms with Crippen LogP contribution in [0.5, 0.6) is 0 Å². The smallest absolute Gasteiger partial charge is 0.222 e. The molecule has 3 heterocycles. The van der Waals surface area contributed by atoms with Gasteiger partial charge < -0.3 is 15.4 Å². The average molecular weight is 291 g/mol. The van der Waals surface area contributed by atoms with Gasteiger partial charge in [-0.1, -0.05) is 0 Å². The van der Waals surface area contributed by atoms with Gasteiger partial charge in [-0.2, -0.15) is 4.98 Å². The molecule has 6 nitrogen and oxygen atoms in total. The zero-order chi connectivity index (χ0) is 14.8. The molecule has 0 aliphatic carbocycles. The standard InChI is InChI=1S/C15H25N5O/c1-11-12(2)17-15(16)18-14(11)20-7-5-19(6-8-20)10-13-4-3-9-21-13/h13H,3-10H2,1-2H3,(H2,16,17,18). The van der Waals surface area contributed by atoms with Gasteiger partial charge >= 0.3 is 0 Å². The number of ether oxygens (including phenoxy) is 1. The molecule has 116 valence electrons. The average Bonchev–Trinajstić information content (AvgIpc) is 2.97. The van der Waals surface area contributed by atoms with Crippen LogP contribution in [0.3, 0.4) is 0 Å². The van der Waals surface area contributed by atoms with Crippen molar-refractivity contribution in [2.24, 2.45) is 0 Å². The highest BCUT2D eigenvalue weighted by atomic mass is 16.5. The maximum atomic E-state index is 5.80. The molecule has 1 aromatic heterocycles. The largest absolute Gasteiger partial charge is 0.377 e. The van der Waals surface area contributed by atoms with Crippen LogP contribution in [-0.4, -0.2) is 60.3 Å². The number of rotatable bonds is 3. The van der Waals surface area contributed by atoms with Crippen molar-refractivity contribution >= 4 is 11.8 Å². The summed E-state index contributed by atoms with van der Waals surface area (Å²) < 4.78 is 5.73. The minimum Gasteiger partial charge on any atom is -0.377 e. The number of nitrogen functional groups attached to an aromatic ring is 1. The van der Waals surface area contributed by atoms with Crippen LogP contribution < -0.4 is 10.6 Å². The lowest BCUT2D eigenvalue weighted by Gasteiger charge is -2.37. The zero-order valence-electron chi connectivity index (χ0n) is 13.0. The Morgan fingerprint density at radius 3 is 2.62 bits per heavy atom. The molecule has 2 saturated heterocycles. The van der Waals surface area contributed by atoms with E-state index in [4.69, 9.17) is 10.5 Å². The summed E-state index contributed by atoms with van der Waals surface area (Å²) >= 11 is 0. The molecule has 6 heteroatoms. The number of anilines is 2. The molecule has 0 spiro atoms. The van der Waals surface area contributed by atoms with Gasteiger partial charge in [-0.05, 0) is 26.7 Å². The van der Waals surface area contributed by atoms with E-state index in [9.17, 15) is 0 Å². The molecule has 2 aliphatic rings. The highest BCUT2D eigenvalue weighted by Gasteiger charge is 2.24. The second-order valence-corrected chi connectivity index (χ2v) is 6.04. The van der Waals surface area contributed by atoms with E-state index in [0.29, 0.717) is 12.1 Å².